The minimum Gasteiger partial charge on any atom is -0.379 e. The number of nitrogens with zero attached hydrogens (tertiary/aromatic N) is 2. The average Bonchev–Trinajstić information content (AvgIpc) is 2.84. The molecular weight excluding hydrogens is 216 g/mol. The highest BCUT2D eigenvalue weighted by atomic mass is 35.5. The molecule has 0 spiro atoms. The number of aldehydes is 1. The second kappa shape index (κ2) is 4.33. The molecule has 2 heterocycles. The lowest BCUT2D eigenvalue weighted by atomic mass is 10.2. The zero-order chi connectivity index (χ0) is 10.8. The van der Waals surface area contributed by atoms with Crippen molar-refractivity contribution in [1.29, 1.82) is 0 Å². The quantitative estimate of drug-likeness (QED) is 0.742. The highest BCUT2D eigenvalue weighted by Gasteiger charge is 2.24. The van der Waals surface area contributed by atoms with Crippen LogP contribution in [0.15, 0.2) is 0 Å². The van der Waals surface area contributed by atoms with E-state index >= 15 is 0 Å². The number of carbonyl (C=O) groups is 1. The van der Waals surface area contributed by atoms with Gasteiger partial charge >= 0.3 is 0 Å². The standard InChI is InChI=1S/C10H13ClN2O2/c1-2-9-8(5-14)10(11)13(12-9)7-3-4-15-6-7/h5,7H,2-4,6H2,1H3. The summed E-state index contributed by atoms with van der Waals surface area (Å²) in [5, 5.41) is 4.80. The molecule has 1 saturated heterocycles. The van der Waals surface area contributed by atoms with Gasteiger partial charge in [0.1, 0.15) is 5.15 Å². The van der Waals surface area contributed by atoms with Crippen LogP contribution in [0.2, 0.25) is 5.15 Å². The fourth-order valence-corrected chi connectivity index (χ4v) is 2.13. The number of rotatable bonds is 3. The van der Waals surface area contributed by atoms with Gasteiger partial charge in [0.25, 0.3) is 0 Å². The smallest absolute Gasteiger partial charge is 0.155 e. The lowest BCUT2D eigenvalue weighted by Crippen LogP contribution is -2.10. The van der Waals surface area contributed by atoms with E-state index in [-0.39, 0.29) is 6.04 Å². The average molecular weight is 229 g/mol. The van der Waals surface area contributed by atoms with Gasteiger partial charge in [-0.25, -0.2) is 4.68 Å². The summed E-state index contributed by atoms with van der Waals surface area (Å²) in [4.78, 5) is 10.9. The van der Waals surface area contributed by atoms with Gasteiger partial charge in [-0.3, -0.25) is 4.79 Å². The summed E-state index contributed by atoms with van der Waals surface area (Å²) in [5.74, 6) is 0. The molecule has 0 saturated carbocycles. The molecule has 1 atom stereocenters. The number of ether oxygens (including phenoxy) is 1. The fourth-order valence-electron chi connectivity index (χ4n) is 1.80. The van der Waals surface area contributed by atoms with Gasteiger partial charge in [-0.05, 0) is 12.8 Å². The summed E-state index contributed by atoms with van der Waals surface area (Å²) in [6.45, 7) is 3.32. The zero-order valence-corrected chi connectivity index (χ0v) is 9.33. The minimum absolute atomic E-state index is 0.177. The van der Waals surface area contributed by atoms with E-state index in [1.54, 1.807) is 4.68 Å². The topological polar surface area (TPSA) is 44.1 Å². The first kappa shape index (κ1) is 10.6. The van der Waals surface area contributed by atoms with Crippen molar-refractivity contribution in [3.63, 3.8) is 0 Å². The maximum Gasteiger partial charge on any atom is 0.155 e. The molecule has 0 aliphatic carbocycles. The summed E-state index contributed by atoms with van der Waals surface area (Å²) in [6.07, 6.45) is 2.40. The Labute approximate surface area is 93.2 Å². The lowest BCUT2D eigenvalue weighted by molar-refractivity contribution is 0.112. The van der Waals surface area contributed by atoms with Crippen LogP contribution in [-0.2, 0) is 11.2 Å². The molecule has 5 heteroatoms. The van der Waals surface area contributed by atoms with Crippen LogP contribution in [0.1, 0.15) is 35.4 Å². The normalized spacial score (nSPS) is 20.8. The lowest BCUT2D eigenvalue weighted by Gasteiger charge is -2.08. The van der Waals surface area contributed by atoms with Crippen LogP contribution in [0.4, 0.5) is 0 Å². The third-order valence-electron chi connectivity index (χ3n) is 2.67. The Morgan fingerprint density at radius 3 is 3.00 bits per heavy atom. The van der Waals surface area contributed by atoms with Gasteiger partial charge in [-0.1, -0.05) is 18.5 Å². The maximum atomic E-state index is 10.9. The van der Waals surface area contributed by atoms with Gasteiger partial charge in [-0.2, -0.15) is 5.10 Å². The van der Waals surface area contributed by atoms with Crippen molar-refractivity contribution in [3.8, 4) is 0 Å². The first-order valence-electron chi connectivity index (χ1n) is 5.07. The third kappa shape index (κ3) is 1.79. The Kier molecular flexibility index (Phi) is 3.07. The summed E-state index contributed by atoms with van der Waals surface area (Å²) in [5.41, 5.74) is 1.29. The molecule has 1 aliphatic rings. The predicted octanol–water partition coefficient (Wildman–Crippen LogP) is 1.87. The van der Waals surface area contributed by atoms with Crippen molar-refractivity contribution < 1.29 is 9.53 Å². The molecule has 15 heavy (non-hydrogen) atoms. The highest BCUT2D eigenvalue weighted by molar-refractivity contribution is 6.32. The molecule has 1 fully saturated rings. The summed E-state index contributed by atoms with van der Waals surface area (Å²) < 4.78 is 6.99. The number of carbonyl (C=O) groups excluding carboxylic acids is 1. The van der Waals surface area contributed by atoms with Crippen LogP contribution >= 0.6 is 11.6 Å². The van der Waals surface area contributed by atoms with Crippen LogP contribution in [0, 0.1) is 0 Å². The van der Waals surface area contributed by atoms with Gasteiger partial charge in [-0.15, -0.1) is 0 Å². The van der Waals surface area contributed by atoms with Gasteiger partial charge < -0.3 is 4.74 Å². The van der Waals surface area contributed by atoms with Gasteiger partial charge in [0.05, 0.1) is 23.9 Å². The van der Waals surface area contributed by atoms with Crippen molar-refractivity contribution in [2.75, 3.05) is 13.2 Å². The molecule has 0 radical (unpaired) electrons. The number of halogens is 1. The van der Waals surface area contributed by atoms with E-state index in [0.717, 1.165) is 25.0 Å². The van der Waals surface area contributed by atoms with E-state index in [9.17, 15) is 4.79 Å². The Morgan fingerprint density at radius 2 is 2.53 bits per heavy atom. The van der Waals surface area contributed by atoms with Gasteiger partial charge in [0.2, 0.25) is 0 Å². The Hall–Kier alpha value is -0.870. The van der Waals surface area contributed by atoms with Crippen molar-refractivity contribution in [2.24, 2.45) is 0 Å². The molecule has 0 amide bonds. The van der Waals surface area contributed by atoms with E-state index in [1.165, 1.54) is 0 Å². The Balaban J connectivity index is 2.38. The van der Waals surface area contributed by atoms with Gasteiger partial charge in [0.15, 0.2) is 6.29 Å². The second-order valence-electron chi connectivity index (χ2n) is 3.58. The van der Waals surface area contributed by atoms with Crippen molar-refractivity contribution in [2.45, 2.75) is 25.8 Å². The summed E-state index contributed by atoms with van der Waals surface area (Å²) in [7, 11) is 0. The molecule has 1 aromatic rings. The van der Waals surface area contributed by atoms with E-state index in [0.29, 0.717) is 23.7 Å². The van der Waals surface area contributed by atoms with Crippen LogP contribution in [0.25, 0.3) is 0 Å². The number of hydrogen-bond donors (Lipinski definition) is 0. The fraction of sp³-hybridized carbons (Fsp3) is 0.600. The first-order chi connectivity index (χ1) is 7.27. The zero-order valence-electron chi connectivity index (χ0n) is 8.57. The molecule has 82 valence electrons. The molecule has 2 rings (SSSR count). The largest absolute Gasteiger partial charge is 0.379 e. The molecular formula is C10H13ClN2O2. The third-order valence-corrected chi connectivity index (χ3v) is 3.04. The molecule has 0 N–H and O–H groups in total. The monoisotopic (exact) mass is 228 g/mol. The van der Waals surface area contributed by atoms with Gasteiger partial charge in [0, 0.05) is 6.61 Å². The molecule has 0 bridgehead atoms. The molecule has 1 aromatic heterocycles. The number of aryl methyl sites for hydroxylation is 1. The second-order valence-corrected chi connectivity index (χ2v) is 3.94. The minimum atomic E-state index is 0.177. The van der Waals surface area contributed by atoms with E-state index in [4.69, 9.17) is 16.3 Å². The predicted molar refractivity (Wildman–Crippen MR) is 56.5 cm³/mol. The summed E-state index contributed by atoms with van der Waals surface area (Å²) >= 11 is 6.10. The Morgan fingerprint density at radius 1 is 1.73 bits per heavy atom. The first-order valence-corrected chi connectivity index (χ1v) is 5.45. The SMILES string of the molecule is CCc1nn(C2CCOC2)c(Cl)c1C=O. The molecule has 0 aromatic carbocycles. The van der Waals surface area contributed by atoms with Crippen molar-refractivity contribution >= 4 is 17.9 Å². The number of aromatic nitrogens is 2. The van der Waals surface area contributed by atoms with E-state index in [1.807, 2.05) is 6.92 Å². The van der Waals surface area contributed by atoms with Crippen LogP contribution in [-0.4, -0.2) is 29.3 Å². The maximum absolute atomic E-state index is 10.9. The van der Waals surface area contributed by atoms with Crippen LogP contribution in [0.3, 0.4) is 0 Å². The molecule has 1 unspecified atom stereocenters. The van der Waals surface area contributed by atoms with E-state index in [2.05, 4.69) is 5.10 Å². The molecule has 1 aliphatic heterocycles. The number of hydrogen-bond acceptors (Lipinski definition) is 3. The highest BCUT2D eigenvalue weighted by Crippen LogP contribution is 2.26. The summed E-state index contributed by atoms with van der Waals surface area (Å²) in [6, 6.07) is 0.177. The van der Waals surface area contributed by atoms with Crippen LogP contribution in [0.5, 0.6) is 0 Å². The molecule has 4 nitrogen and oxygen atoms in total. The van der Waals surface area contributed by atoms with E-state index < -0.39 is 0 Å². The van der Waals surface area contributed by atoms with Crippen molar-refractivity contribution in [3.05, 3.63) is 16.4 Å². The Bertz CT molecular complexity index is 370. The van der Waals surface area contributed by atoms with Crippen molar-refractivity contribution in [1.82, 2.24) is 9.78 Å². The van der Waals surface area contributed by atoms with Crippen LogP contribution < -0.4 is 0 Å².